The molecule has 2 saturated heterocycles. The van der Waals surface area contributed by atoms with Crippen LogP contribution in [0.25, 0.3) is 0 Å². The van der Waals surface area contributed by atoms with Crippen molar-refractivity contribution in [2.75, 3.05) is 32.8 Å². The van der Waals surface area contributed by atoms with Crippen LogP contribution < -0.4 is 11.2 Å². The zero-order valence-electron chi connectivity index (χ0n) is 10.5. The van der Waals surface area contributed by atoms with Crippen LogP contribution in [0, 0.1) is 11.3 Å². The van der Waals surface area contributed by atoms with Crippen LogP contribution in [0.1, 0.15) is 26.7 Å². The smallest absolute Gasteiger partial charge is 0.0837 e. The third-order valence-electron chi connectivity index (χ3n) is 4.31. The van der Waals surface area contributed by atoms with Crippen molar-refractivity contribution in [1.82, 2.24) is 10.2 Å². The maximum absolute atomic E-state index is 5.24. The van der Waals surface area contributed by atoms with Crippen molar-refractivity contribution in [2.45, 2.75) is 32.7 Å². The van der Waals surface area contributed by atoms with Gasteiger partial charge >= 0.3 is 0 Å². The van der Waals surface area contributed by atoms with Gasteiger partial charge in [-0.15, -0.1) is 0 Å². The van der Waals surface area contributed by atoms with Crippen molar-refractivity contribution >= 4 is 0 Å². The van der Waals surface area contributed by atoms with Crippen LogP contribution >= 0.6 is 0 Å². The van der Waals surface area contributed by atoms with E-state index in [1.54, 1.807) is 0 Å². The molecule has 2 aliphatic heterocycles. The molecule has 2 heterocycles. The number of hydrogen-bond donors (Lipinski definition) is 2. The van der Waals surface area contributed by atoms with Gasteiger partial charge in [0, 0.05) is 19.1 Å². The number of nitrogens with zero attached hydrogens (tertiary/aromatic N) is 1. The highest BCUT2D eigenvalue weighted by Crippen LogP contribution is 2.37. The second-order valence-corrected chi connectivity index (χ2v) is 5.79. The first-order valence-electron chi connectivity index (χ1n) is 6.43. The zero-order chi connectivity index (χ0) is 11.6. The second-order valence-electron chi connectivity index (χ2n) is 5.79. The molecule has 0 aromatic heterocycles. The van der Waals surface area contributed by atoms with Gasteiger partial charge in [0.05, 0.1) is 6.61 Å². The topological polar surface area (TPSA) is 50.5 Å². The van der Waals surface area contributed by atoms with Crippen molar-refractivity contribution in [3.8, 4) is 0 Å². The van der Waals surface area contributed by atoms with E-state index in [0.717, 1.165) is 0 Å². The molecule has 4 nitrogen and oxygen atoms in total. The maximum Gasteiger partial charge on any atom is 0.0837 e. The summed E-state index contributed by atoms with van der Waals surface area (Å²) in [6.07, 6.45) is 2.66. The summed E-state index contributed by atoms with van der Waals surface area (Å²) < 4.78 is 0. The van der Waals surface area contributed by atoms with Gasteiger partial charge in [0.2, 0.25) is 0 Å². The standard InChI is InChI=1S/C12H25N3O/c1-10(2)11(7-16-13)15-6-4-12(9-15)3-5-14-8-12/h10-11,14H,3-9,13H2,1-2H3/t11-,12+/m1/s1. The molecular formula is C12H25N3O. The largest absolute Gasteiger partial charge is 0.316 e. The van der Waals surface area contributed by atoms with Crippen LogP contribution in [0.4, 0.5) is 0 Å². The average molecular weight is 227 g/mol. The Morgan fingerprint density at radius 1 is 1.44 bits per heavy atom. The van der Waals surface area contributed by atoms with Crippen molar-refractivity contribution < 1.29 is 4.84 Å². The first kappa shape index (κ1) is 12.3. The van der Waals surface area contributed by atoms with E-state index < -0.39 is 0 Å². The van der Waals surface area contributed by atoms with Gasteiger partial charge in [-0.05, 0) is 37.3 Å². The molecule has 0 bridgehead atoms. The van der Waals surface area contributed by atoms with E-state index in [1.807, 2.05) is 0 Å². The van der Waals surface area contributed by atoms with Gasteiger partial charge in [0.25, 0.3) is 0 Å². The van der Waals surface area contributed by atoms with Gasteiger partial charge in [0.15, 0.2) is 0 Å². The van der Waals surface area contributed by atoms with Crippen LogP contribution in [-0.2, 0) is 4.84 Å². The number of hydrogen-bond acceptors (Lipinski definition) is 4. The lowest BCUT2D eigenvalue weighted by molar-refractivity contribution is 0.0447. The summed E-state index contributed by atoms with van der Waals surface area (Å²) in [5.41, 5.74) is 0.543. The molecule has 0 aliphatic carbocycles. The first-order chi connectivity index (χ1) is 7.67. The van der Waals surface area contributed by atoms with E-state index in [2.05, 4.69) is 24.1 Å². The fourth-order valence-electron chi connectivity index (χ4n) is 3.21. The fourth-order valence-corrected chi connectivity index (χ4v) is 3.21. The Hall–Kier alpha value is -0.160. The van der Waals surface area contributed by atoms with Crippen LogP contribution in [0.2, 0.25) is 0 Å². The molecule has 3 N–H and O–H groups in total. The number of nitrogens with two attached hydrogens (primary N) is 1. The predicted octanol–water partition coefficient (Wildman–Crippen LogP) is 0.587. The molecule has 1 spiro atoms. The normalized spacial score (nSPS) is 33.0. The minimum absolute atomic E-state index is 0.477. The molecule has 2 fully saturated rings. The predicted molar refractivity (Wildman–Crippen MR) is 64.9 cm³/mol. The third-order valence-corrected chi connectivity index (χ3v) is 4.31. The number of rotatable bonds is 4. The molecule has 0 saturated carbocycles. The van der Waals surface area contributed by atoms with E-state index in [1.165, 1.54) is 39.0 Å². The summed E-state index contributed by atoms with van der Waals surface area (Å²) in [7, 11) is 0. The Kier molecular flexibility index (Phi) is 3.85. The van der Waals surface area contributed by atoms with Crippen molar-refractivity contribution in [2.24, 2.45) is 17.2 Å². The zero-order valence-corrected chi connectivity index (χ0v) is 10.5. The van der Waals surface area contributed by atoms with Crippen LogP contribution in [-0.4, -0.2) is 43.7 Å². The van der Waals surface area contributed by atoms with Crippen molar-refractivity contribution in [3.63, 3.8) is 0 Å². The molecular weight excluding hydrogens is 202 g/mol. The summed E-state index contributed by atoms with van der Waals surface area (Å²) in [5.74, 6) is 5.85. The minimum Gasteiger partial charge on any atom is -0.316 e. The molecule has 0 aromatic rings. The molecule has 0 aromatic carbocycles. The molecule has 4 heteroatoms. The number of nitrogens with one attached hydrogen (secondary N) is 1. The van der Waals surface area contributed by atoms with E-state index in [-0.39, 0.29) is 0 Å². The Labute approximate surface area is 98.5 Å². The lowest BCUT2D eigenvalue weighted by Gasteiger charge is -2.31. The number of likely N-dealkylation sites (tertiary alicyclic amines) is 1. The molecule has 16 heavy (non-hydrogen) atoms. The summed E-state index contributed by atoms with van der Waals surface area (Å²) >= 11 is 0. The van der Waals surface area contributed by atoms with Gasteiger partial charge < -0.3 is 10.2 Å². The molecule has 2 atom stereocenters. The van der Waals surface area contributed by atoms with Crippen LogP contribution in [0.5, 0.6) is 0 Å². The molecule has 2 aliphatic rings. The monoisotopic (exact) mass is 227 g/mol. The minimum atomic E-state index is 0.477. The molecule has 0 radical (unpaired) electrons. The summed E-state index contributed by atoms with van der Waals surface area (Å²) in [6.45, 7) is 9.95. The van der Waals surface area contributed by atoms with Gasteiger partial charge in [-0.1, -0.05) is 13.8 Å². The highest BCUT2D eigenvalue weighted by molar-refractivity contribution is 4.97. The highest BCUT2D eigenvalue weighted by Gasteiger charge is 2.42. The first-order valence-corrected chi connectivity index (χ1v) is 6.43. The third kappa shape index (κ3) is 2.40. The summed E-state index contributed by atoms with van der Waals surface area (Å²) in [5, 5.41) is 3.49. The lowest BCUT2D eigenvalue weighted by Crippen LogP contribution is -2.43. The SMILES string of the molecule is CC(C)[C@@H](CON)N1CC[C@]2(CCNC2)C1. The van der Waals surface area contributed by atoms with Gasteiger partial charge in [-0.2, -0.15) is 0 Å². The molecule has 0 amide bonds. The van der Waals surface area contributed by atoms with E-state index in [9.17, 15) is 0 Å². The van der Waals surface area contributed by atoms with Crippen LogP contribution in [0.15, 0.2) is 0 Å². The maximum atomic E-state index is 5.24. The second kappa shape index (κ2) is 5.00. The Balaban J connectivity index is 1.95. The Bertz CT molecular complexity index is 226. The quantitative estimate of drug-likeness (QED) is 0.690. The van der Waals surface area contributed by atoms with E-state index >= 15 is 0 Å². The molecule has 0 unspecified atom stereocenters. The van der Waals surface area contributed by atoms with Crippen molar-refractivity contribution in [3.05, 3.63) is 0 Å². The molecule has 94 valence electrons. The van der Waals surface area contributed by atoms with Crippen LogP contribution in [0.3, 0.4) is 0 Å². The van der Waals surface area contributed by atoms with Crippen molar-refractivity contribution in [1.29, 1.82) is 0 Å². The fraction of sp³-hybridized carbons (Fsp3) is 1.00. The summed E-state index contributed by atoms with van der Waals surface area (Å²) in [6, 6.07) is 0.477. The van der Waals surface area contributed by atoms with Gasteiger partial charge in [-0.25, -0.2) is 5.90 Å². The summed E-state index contributed by atoms with van der Waals surface area (Å²) in [4.78, 5) is 7.45. The Morgan fingerprint density at radius 3 is 2.81 bits per heavy atom. The van der Waals surface area contributed by atoms with E-state index in [4.69, 9.17) is 10.7 Å². The van der Waals surface area contributed by atoms with Gasteiger partial charge in [-0.3, -0.25) is 4.90 Å². The lowest BCUT2D eigenvalue weighted by atomic mass is 9.86. The Morgan fingerprint density at radius 2 is 2.25 bits per heavy atom. The average Bonchev–Trinajstić information content (AvgIpc) is 2.86. The molecule has 2 rings (SSSR count). The highest BCUT2D eigenvalue weighted by atomic mass is 16.6. The van der Waals surface area contributed by atoms with Gasteiger partial charge in [0.1, 0.15) is 0 Å². The van der Waals surface area contributed by atoms with E-state index in [0.29, 0.717) is 24.0 Å².